The van der Waals surface area contributed by atoms with Crippen LogP contribution in [0.1, 0.15) is 0 Å². The number of pyridine rings is 1. The summed E-state index contributed by atoms with van der Waals surface area (Å²) in [4.78, 5) is 4.60. The van der Waals surface area contributed by atoms with Crippen LogP contribution in [0.2, 0.25) is 0 Å². The largest absolute Gasteiger partial charge is 0.497 e. The second-order valence-corrected chi connectivity index (χ2v) is 4.05. The molecule has 0 aliphatic rings. The molecule has 19 heavy (non-hydrogen) atoms. The van der Waals surface area contributed by atoms with Gasteiger partial charge >= 0.3 is 0 Å². The topological polar surface area (TPSA) is 46.0 Å². The van der Waals surface area contributed by atoms with Gasteiger partial charge in [0.1, 0.15) is 5.75 Å². The van der Waals surface area contributed by atoms with E-state index in [-0.39, 0.29) is 0 Å². The fraction of sp³-hybridized carbons (Fsp3) is 0.0667. The fourth-order valence-electron chi connectivity index (χ4n) is 1.89. The van der Waals surface area contributed by atoms with Gasteiger partial charge < -0.3 is 4.74 Å². The third-order valence-corrected chi connectivity index (χ3v) is 2.72. The van der Waals surface area contributed by atoms with Crippen LogP contribution < -0.4 is 4.74 Å². The van der Waals surface area contributed by atoms with Gasteiger partial charge in [-0.1, -0.05) is 18.2 Å². The molecule has 2 aromatic carbocycles. The Hall–Kier alpha value is -2.29. The van der Waals surface area contributed by atoms with Crippen molar-refractivity contribution in [3.8, 4) is 5.75 Å². The lowest BCUT2D eigenvalue weighted by atomic mass is 10.1. The summed E-state index contributed by atoms with van der Waals surface area (Å²) < 4.78 is 5.21. The Morgan fingerprint density at radius 3 is 2.47 bits per heavy atom. The van der Waals surface area contributed by atoms with Crippen LogP contribution in [0.3, 0.4) is 0 Å². The standard InChI is InChI=1S/C14H11NO.CHNS/c1-16-12-6-7-14-11(9-12)8-10-4-2-3-5-13(10)15-14;2-1-3/h2-9H,1H3;2H. The molecule has 0 fully saturated rings. The first kappa shape index (κ1) is 13.1. The lowest BCUT2D eigenvalue weighted by Crippen LogP contribution is -1.85. The zero-order chi connectivity index (χ0) is 13.7. The van der Waals surface area contributed by atoms with Crippen molar-refractivity contribution in [2.24, 2.45) is 0 Å². The van der Waals surface area contributed by atoms with Gasteiger partial charge in [-0.25, -0.2) is 10.4 Å². The van der Waals surface area contributed by atoms with Gasteiger partial charge in [-0.15, -0.1) is 0 Å². The quantitative estimate of drug-likeness (QED) is 0.411. The molecule has 0 spiro atoms. The minimum absolute atomic E-state index is 0.865. The summed E-state index contributed by atoms with van der Waals surface area (Å²) in [5, 5.41) is 9.62. The van der Waals surface area contributed by atoms with Gasteiger partial charge in [0.05, 0.1) is 23.3 Å². The van der Waals surface area contributed by atoms with Crippen molar-refractivity contribution in [1.29, 1.82) is 5.41 Å². The SMILES string of the molecule is COc1ccc2nc3ccccc3cc2c1.N=C=S. The van der Waals surface area contributed by atoms with E-state index in [2.05, 4.69) is 29.3 Å². The van der Waals surface area contributed by atoms with Crippen molar-refractivity contribution in [1.82, 2.24) is 4.98 Å². The molecular weight excluding hydrogens is 256 g/mol. The molecule has 0 saturated heterocycles. The maximum atomic E-state index is 5.77. The summed E-state index contributed by atoms with van der Waals surface area (Å²) in [6, 6.07) is 16.2. The Morgan fingerprint density at radius 1 is 1.05 bits per heavy atom. The molecule has 1 heterocycles. The second-order valence-electron chi connectivity index (χ2n) is 3.84. The minimum atomic E-state index is 0.865. The predicted octanol–water partition coefficient (Wildman–Crippen LogP) is 4.06. The molecule has 3 nitrogen and oxygen atoms in total. The Bertz CT molecular complexity index is 749. The first-order valence-corrected chi connectivity index (χ1v) is 6.06. The van der Waals surface area contributed by atoms with Crippen LogP contribution in [0.5, 0.6) is 5.75 Å². The highest BCUT2D eigenvalue weighted by molar-refractivity contribution is 7.78. The molecule has 4 heteroatoms. The van der Waals surface area contributed by atoms with E-state index >= 15 is 0 Å². The van der Waals surface area contributed by atoms with E-state index in [1.807, 2.05) is 36.4 Å². The highest BCUT2D eigenvalue weighted by Crippen LogP contribution is 2.23. The van der Waals surface area contributed by atoms with E-state index in [0.717, 1.165) is 27.6 Å². The number of fused-ring (bicyclic) bond motifs is 2. The van der Waals surface area contributed by atoms with Crippen molar-refractivity contribution < 1.29 is 4.74 Å². The Labute approximate surface area is 116 Å². The zero-order valence-electron chi connectivity index (χ0n) is 10.4. The molecule has 3 rings (SSSR count). The van der Waals surface area contributed by atoms with E-state index < -0.39 is 0 Å². The van der Waals surface area contributed by atoms with Crippen molar-refractivity contribution in [2.75, 3.05) is 7.11 Å². The highest BCUT2D eigenvalue weighted by atomic mass is 32.1. The Balaban J connectivity index is 0.000000408. The van der Waals surface area contributed by atoms with Gasteiger partial charge in [-0.2, -0.15) is 0 Å². The summed E-state index contributed by atoms with van der Waals surface area (Å²) in [5.74, 6) is 0.865. The molecule has 0 atom stereocenters. The van der Waals surface area contributed by atoms with Crippen molar-refractivity contribution in [3.05, 3.63) is 48.5 Å². The summed E-state index contributed by atoms with van der Waals surface area (Å²) >= 11 is 3.81. The van der Waals surface area contributed by atoms with Crippen molar-refractivity contribution in [3.63, 3.8) is 0 Å². The number of hydrogen-bond donors (Lipinski definition) is 1. The van der Waals surface area contributed by atoms with E-state index in [1.54, 1.807) is 12.3 Å². The third kappa shape index (κ3) is 2.94. The smallest absolute Gasteiger partial charge is 0.119 e. The number of methoxy groups -OCH3 is 1. The normalized spacial score (nSPS) is 9.53. The highest BCUT2D eigenvalue weighted by Gasteiger charge is 2.00. The summed E-state index contributed by atoms with van der Waals surface area (Å²) in [6.45, 7) is 0. The molecule has 94 valence electrons. The maximum Gasteiger partial charge on any atom is 0.119 e. The number of ether oxygens (including phenoxy) is 1. The Morgan fingerprint density at radius 2 is 1.74 bits per heavy atom. The van der Waals surface area contributed by atoms with Gasteiger partial charge in [0.2, 0.25) is 0 Å². The van der Waals surface area contributed by atoms with E-state index in [4.69, 9.17) is 10.1 Å². The van der Waals surface area contributed by atoms with Crippen LogP contribution in [0, 0.1) is 5.41 Å². The summed E-state index contributed by atoms with van der Waals surface area (Å²) in [6.07, 6.45) is 0. The minimum Gasteiger partial charge on any atom is -0.497 e. The lowest BCUT2D eigenvalue weighted by molar-refractivity contribution is 0.415. The number of para-hydroxylation sites is 1. The molecule has 0 amide bonds. The van der Waals surface area contributed by atoms with Gasteiger partial charge in [0, 0.05) is 10.8 Å². The van der Waals surface area contributed by atoms with Crippen LogP contribution in [0.4, 0.5) is 0 Å². The van der Waals surface area contributed by atoms with Crippen LogP contribution in [0.25, 0.3) is 21.8 Å². The number of rotatable bonds is 1. The number of thiocarbonyl (C=S) groups is 1. The molecule has 0 bridgehead atoms. The fourth-order valence-corrected chi connectivity index (χ4v) is 1.89. The summed E-state index contributed by atoms with van der Waals surface area (Å²) in [5.41, 5.74) is 2.03. The van der Waals surface area contributed by atoms with Crippen LogP contribution >= 0.6 is 12.2 Å². The predicted molar refractivity (Wildman–Crippen MR) is 81.1 cm³/mol. The monoisotopic (exact) mass is 268 g/mol. The molecule has 1 aromatic heterocycles. The number of hydrogen-bond acceptors (Lipinski definition) is 4. The molecule has 0 aliphatic carbocycles. The van der Waals surface area contributed by atoms with Crippen molar-refractivity contribution >= 4 is 39.2 Å². The van der Waals surface area contributed by atoms with Gasteiger partial charge in [-0.05, 0) is 42.5 Å². The number of aromatic nitrogens is 1. The second kappa shape index (κ2) is 6.05. The van der Waals surface area contributed by atoms with Gasteiger partial charge in [0.15, 0.2) is 0 Å². The lowest BCUT2D eigenvalue weighted by Gasteiger charge is -2.03. The first-order chi connectivity index (χ1) is 9.28. The third-order valence-electron chi connectivity index (χ3n) is 2.72. The molecule has 0 radical (unpaired) electrons. The number of benzene rings is 2. The van der Waals surface area contributed by atoms with Crippen LogP contribution in [-0.2, 0) is 0 Å². The van der Waals surface area contributed by atoms with Gasteiger partial charge in [-0.3, -0.25) is 0 Å². The van der Waals surface area contributed by atoms with Crippen LogP contribution in [-0.4, -0.2) is 17.3 Å². The molecule has 0 saturated carbocycles. The number of isothiocyanates is 1. The van der Waals surface area contributed by atoms with E-state index in [0.29, 0.717) is 0 Å². The molecular formula is C15H12N2OS. The average molecular weight is 268 g/mol. The van der Waals surface area contributed by atoms with E-state index in [1.165, 1.54) is 0 Å². The zero-order valence-corrected chi connectivity index (χ0v) is 11.2. The van der Waals surface area contributed by atoms with Crippen molar-refractivity contribution in [2.45, 2.75) is 0 Å². The first-order valence-electron chi connectivity index (χ1n) is 5.66. The van der Waals surface area contributed by atoms with Gasteiger partial charge in [0.25, 0.3) is 0 Å². The average Bonchev–Trinajstić information content (AvgIpc) is 2.45. The number of nitrogens with zero attached hydrogens (tertiary/aromatic N) is 1. The van der Waals surface area contributed by atoms with Crippen LogP contribution in [0.15, 0.2) is 48.5 Å². The molecule has 0 unspecified atom stereocenters. The Kier molecular flexibility index (Phi) is 4.18. The summed E-state index contributed by atoms with van der Waals surface area (Å²) in [7, 11) is 1.68. The maximum absolute atomic E-state index is 5.77. The molecule has 3 aromatic rings. The number of nitrogens with one attached hydrogen (secondary N) is 1. The molecule has 1 N–H and O–H groups in total. The molecule has 0 aliphatic heterocycles. The van der Waals surface area contributed by atoms with E-state index in [9.17, 15) is 0 Å².